The van der Waals surface area contributed by atoms with Crippen LogP contribution in [0.2, 0.25) is 0 Å². The normalized spacial score (nSPS) is 11.8. The topological polar surface area (TPSA) is 4.93 Å². The summed E-state index contributed by atoms with van der Waals surface area (Å²) in [5.41, 5.74) is 4.68. The van der Waals surface area contributed by atoms with Gasteiger partial charge >= 0.3 is 0 Å². The van der Waals surface area contributed by atoms with Crippen molar-refractivity contribution in [2.75, 3.05) is 0 Å². The van der Waals surface area contributed by atoms with Crippen molar-refractivity contribution in [3.8, 4) is 12.3 Å². The van der Waals surface area contributed by atoms with Crippen LogP contribution in [0.1, 0.15) is 18.2 Å². The van der Waals surface area contributed by atoms with E-state index < -0.39 is 0 Å². The second kappa shape index (κ2) is 3.90. The van der Waals surface area contributed by atoms with E-state index in [0.717, 1.165) is 5.57 Å². The van der Waals surface area contributed by atoms with Gasteiger partial charge in [-0.3, -0.25) is 0 Å². The van der Waals surface area contributed by atoms with Gasteiger partial charge in [-0.25, -0.2) is 0 Å². The zero-order chi connectivity index (χ0) is 11.7. The Morgan fingerprint density at radius 3 is 2.75 bits per heavy atom. The van der Waals surface area contributed by atoms with Crippen molar-refractivity contribution < 1.29 is 0 Å². The number of aromatic nitrogens is 1. The standard InChI is InChI=1S/C15H15N/c1-5-11(2)10-14-12(3)16(4)15-9-7-6-8-13(14)15/h1,6-10H,2-4H3/b11-10+. The molecule has 2 aromatic rings. The zero-order valence-corrected chi connectivity index (χ0v) is 9.91. The van der Waals surface area contributed by atoms with Crippen LogP contribution in [0, 0.1) is 19.3 Å². The molecule has 1 nitrogen and oxygen atoms in total. The van der Waals surface area contributed by atoms with Crippen molar-refractivity contribution in [1.29, 1.82) is 0 Å². The molecule has 0 aliphatic heterocycles. The van der Waals surface area contributed by atoms with E-state index in [2.05, 4.69) is 54.8 Å². The maximum absolute atomic E-state index is 5.40. The van der Waals surface area contributed by atoms with Gasteiger partial charge in [-0.1, -0.05) is 24.1 Å². The number of hydrogen-bond donors (Lipinski definition) is 0. The van der Waals surface area contributed by atoms with Crippen molar-refractivity contribution in [2.24, 2.45) is 7.05 Å². The summed E-state index contributed by atoms with van der Waals surface area (Å²) in [5.74, 6) is 2.67. The maximum atomic E-state index is 5.40. The Morgan fingerprint density at radius 2 is 2.06 bits per heavy atom. The first-order valence-corrected chi connectivity index (χ1v) is 5.34. The Hall–Kier alpha value is -1.94. The largest absolute Gasteiger partial charge is 0.347 e. The van der Waals surface area contributed by atoms with Crippen molar-refractivity contribution in [2.45, 2.75) is 13.8 Å². The lowest BCUT2D eigenvalue weighted by Crippen LogP contribution is -1.90. The molecule has 0 amide bonds. The molecule has 1 aromatic heterocycles. The summed E-state index contributed by atoms with van der Waals surface area (Å²) < 4.78 is 2.20. The van der Waals surface area contributed by atoms with Crippen molar-refractivity contribution in [1.82, 2.24) is 4.57 Å². The van der Waals surface area contributed by atoms with E-state index in [1.807, 2.05) is 6.92 Å². The molecule has 0 fully saturated rings. The average Bonchev–Trinajstić information content (AvgIpc) is 2.55. The Kier molecular flexibility index (Phi) is 2.58. The van der Waals surface area contributed by atoms with Gasteiger partial charge < -0.3 is 4.57 Å². The van der Waals surface area contributed by atoms with Crippen LogP contribution >= 0.6 is 0 Å². The molecule has 80 valence electrons. The summed E-state index contributed by atoms with van der Waals surface area (Å²) in [6.45, 7) is 4.08. The van der Waals surface area contributed by atoms with Crippen LogP contribution in [0.3, 0.4) is 0 Å². The molecule has 0 aliphatic carbocycles. The molecule has 0 radical (unpaired) electrons. The Morgan fingerprint density at radius 1 is 1.38 bits per heavy atom. The minimum Gasteiger partial charge on any atom is -0.347 e. The van der Waals surface area contributed by atoms with Gasteiger partial charge in [0.15, 0.2) is 0 Å². The number of allylic oxidation sites excluding steroid dienone is 1. The van der Waals surface area contributed by atoms with Crippen LogP contribution in [-0.4, -0.2) is 4.57 Å². The van der Waals surface area contributed by atoms with Gasteiger partial charge in [0.1, 0.15) is 0 Å². The first-order valence-electron chi connectivity index (χ1n) is 5.34. The van der Waals surface area contributed by atoms with E-state index in [4.69, 9.17) is 6.42 Å². The maximum Gasteiger partial charge on any atom is 0.0486 e. The Bertz CT molecular complexity index is 606. The van der Waals surface area contributed by atoms with Gasteiger partial charge in [-0.2, -0.15) is 0 Å². The first kappa shape index (κ1) is 10.6. The summed E-state index contributed by atoms with van der Waals surface area (Å²) in [4.78, 5) is 0. The second-order valence-electron chi connectivity index (χ2n) is 4.05. The van der Waals surface area contributed by atoms with Gasteiger partial charge in [0.2, 0.25) is 0 Å². The Labute approximate surface area is 96.4 Å². The summed E-state index contributed by atoms with van der Waals surface area (Å²) in [7, 11) is 2.08. The van der Waals surface area contributed by atoms with Gasteiger partial charge in [0.05, 0.1) is 0 Å². The van der Waals surface area contributed by atoms with E-state index in [9.17, 15) is 0 Å². The number of aryl methyl sites for hydroxylation is 1. The molecule has 0 atom stereocenters. The Balaban J connectivity index is 2.80. The van der Waals surface area contributed by atoms with E-state index in [0.29, 0.717) is 0 Å². The van der Waals surface area contributed by atoms with Crippen molar-refractivity contribution >= 4 is 17.0 Å². The second-order valence-corrected chi connectivity index (χ2v) is 4.05. The number of para-hydroxylation sites is 1. The van der Waals surface area contributed by atoms with Crippen molar-refractivity contribution in [3.05, 3.63) is 41.1 Å². The first-order chi connectivity index (χ1) is 7.65. The molecule has 0 spiro atoms. The predicted molar refractivity (Wildman–Crippen MR) is 70.1 cm³/mol. The highest BCUT2D eigenvalue weighted by Gasteiger charge is 2.08. The van der Waals surface area contributed by atoms with Crippen LogP contribution in [0.15, 0.2) is 29.8 Å². The van der Waals surface area contributed by atoms with E-state index in [1.165, 1.54) is 22.2 Å². The molecule has 1 aromatic carbocycles. The lowest BCUT2D eigenvalue weighted by atomic mass is 10.1. The molecular weight excluding hydrogens is 194 g/mol. The molecule has 16 heavy (non-hydrogen) atoms. The lowest BCUT2D eigenvalue weighted by molar-refractivity contribution is 0.916. The van der Waals surface area contributed by atoms with Gasteiger partial charge in [0.25, 0.3) is 0 Å². The number of hydrogen-bond acceptors (Lipinski definition) is 0. The zero-order valence-electron chi connectivity index (χ0n) is 9.91. The molecule has 1 heteroatoms. The quantitative estimate of drug-likeness (QED) is 0.633. The van der Waals surface area contributed by atoms with Crippen LogP contribution in [0.25, 0.3) is 17.0 Å². The molecule has 0 bridgehead atoms. The van der Waals surface area contributed by atoms with Crippen LogP contribution in [0.4, 0.5) is 0 Å². The van der Waals surface area contributed by atoms with E-state index in [1.54, 1.807) is 0 Å². The van der Waals surface area contributed by atoms with Crippen LogP contribution in [-0.2, 0) is 7.05 Å². The minimum atomic E-state index is 0.958. The molecule has 0 aliphatic rings. The monoisotopic (exact) mass is 209 g/mol. The molecule has 0 N–H and O–H groups in total. The lowest BCUT2D eigenvalue weighted by Gasteiger charge is -1.97. The number of nitrogens with zero attached hydrogens (tertiary/aromatic N) is 1. The van der Waals surface area contributed by atoms with Crippen LogP contribution in [0.5, 0.6) is 0 Å². The number of terminal acetylenes is 1. The number of benzene rings is 1. The molecular formula is C15H15N. The smallest absolute Gasteiger partial charge is 0.0486 e. The molecule has 0 unspecified atom stereocenters. The predicted octanol–water partition coefficient (Wildman–Crippen LogP) is 3.52. The highest BCUT2D eigenvalue weighted by atomic mass is 14.9. The third-order valence-corrected chi connectivity index (χ3v) is 3.04. The highest BCUT2D eigenvalue weighted by molar-refractivity contribution is 5.91. The summed E-state index contributed by atoms with van der Waals surface area (Å²) in [5, 5.41) is 1.26. The fraction of sp³-hybridized carbons (Fsp3) is 0.200. The molecule has 1 heterocycles. The van der Waals surface area contributed by atoms with E-state index >= 15 is 0 Å². The van der Waals surface area contributed by atoms with Crippen LogP contribution < -0.4 is 0 Å². The SMILES string of the molecule is C#C/C(C)=C/c1c(C)n(C)c2ccccc12. The summed E-state index contributed by atoms with van der Waals surface area (Å²) in [6.07, 6.45) is 7.48. The number of fused-ring (bicyclic) bond motifs is 1. The van der Waals surface area contributed by atoms with E-state index in [-0.39, 0.29) is 0 Å². The van der Waals surface area contributed by atoms with Gasteiger partial charge in [-0.05, 0) is 31.6 Å². The van der Waals surface area contributed by atoms with Gasteiger partial charge in [-0.15, -0.1) is 6.42 Å². The minimum absolute atomic E-state index is 0.958. The average molecular weight is 209 g/mol. The van der Waals surface area contributed by atoms with Crippen molar-refractivity contribution in [3.63, 3.8) is 0 Å². The fourth-order valence-electron chi connectivity index (χ4n) is 1.99. The summed E-state index contributed by atoms with van der Waals surface area (Å²) >= 11 is 0. The molecule has 0 saturated carbocycles. The molecule has 2 rings (SSSR count). The highest BCUT2D eigenvalue weighted by Crippen LogP contribution is 2.26. The molecule has 0 saturated heterocycles. The fourth-order valence-corrected chi connectivity index (χ4v) is 1.99. The third kappa shape index (κ3) is 1.53. The summed E-state index contributed by atoms with van der Waals surface area (Å²) in [6, 6.07) is 8.39. The third-order valence-electron chi connectivity index (χ3n) is 3.04. The van der Waals surface area contributed by atoms with Gasteiger partial charge in [0, 0.05) is 29.2 Å². The number of rotatable bonds is 1.